The predicted molar refractivity (Wildman–Crippen MR) is 99.7 cm³/mol. The lowest BCUT2D eigenvalue weighted by atomic mass is 9.92. The van der Waals surface area contributed by atoms with E-state index in [1.165, 1.54) is 0 Å². The minimum atomic E-state index is -0.0293. The van der Waals surface area contributed by atoms with E-state index in [0.717, 1.165) is 34.2 Å². The van der Waals surface area contributed by atoms with Gasteiger partial charge in [-0.05, 0) is 5.92 Å². The molecule has 25 heavy (non-hydrogen) atoms. The predicted octanol–water partition coefficient (Wildman–Crippen LogP) is 4.14. The molecule has 1 atom stereocenters. The first kappa shape index (κ1) is 16.0. The smallest absolute Gasteiger partial charge is 0.226 e. The Balaban J connectivity index is 1.69. The van der Waals surface area contributed by atoms with Gasteiger partial charge in [0.15, 0.2) is 0 Å². The van der Waals surface area contributed by atoms with Gasteiger partial charge in [0.2, 0.25) is 5.91 Å². The number of fused-ring (bicyclic) bond motifs is 1. The molecule has 0 spiro atoms. The number of hydrogen-bond acceptors (Lipinski definition) is 4. The molecule has 3 heterocycles. The van der Waals surface area contributed by atoms with Crippen LogP contribution in [-0.2, 0) is 11.3 Å². The molecule has 1 aliphatic heterocycles. The number of aromatic nitrogens is 3. The summed E-state index contributed by atoms with van der Waals surface area (Å²) in [6, 6.07) is 10.1. The van der Waals surface area contributed by atoms with Crippen LogP contribution in [0.3, 0.4) is 0 Å². The van der Waals surface area contributed by atoms with Crippen molar-refractivity contribution in [1.29, 1.82) is 0 Å². The maximum Gasteiger partial charge on any atom is 0.226 e. The molecule has 6 heteroatoms. The van der Waals surface area contributed by atoms with E-state index in [1.807, 2.05) is 29.1 Å². The average molecular weight is 352 g/mol. The number of carbonyl (C=O) groups excluding carboxylic acids is 1. The summed E-state index contributed by atoms with van der Waals surface area (Å²) in [4.78, 5) is 17.1. The molecule has 1 amide bonds. The van der Waals surface area contributed by atoms with Crippen molar-refractivity contribution in [3.05, 3.63) is 53.2 Å². The topological polar surface area (TPSA) is 59.8 Å². The second-order valence-electron chi connectivity index (χ2n) is 6.77. The standard InChI is InChI=1S/C19H20N4OS/c1-12(2)10-23-18-15(9-20-23)14(8-17(24)22-18)16-11-25-19(21-16)13-6-4-3-5-7-13/h3-7,9,11-12,14H,8,10H2,1-2H3,(H,22,24)/t14-/m0/s1. The summed E-state index contributed by atoms with van der Waals surface area (Å²) in [6.45, 7) is 5.07. The lowest BCUT2D eigenvalue weighted by molar-refractivity contribution is -0.116. The highest BCUT2D eigenvalue weighted by atomic mass is 32.1. The molecule has 0 bridgehead atoms. The summed E-state index contributed by atoms with van der Waals surface area (Å²) in [5.74, 6) is 1.28. The lowest BCUT2D eigenvalue weighted by Crippen LogP contribution is -2.25. The van der Waals surface area contributed by atoms with Gasteiger partial charge < -0.3 is 5.32 Å². The third-order valence-electron chi connectivity index (χ3n) is 4.33. The van der Waals surface area contributed by atoms with E-state index < -0.39 is 0 Å². The molecule has 4 rings (SSSR count). The summed E-state index contributed by atoms with van der Waals surface area (Å²) < 4.78 is 1.90. The minimum Gasteiger partial charge on any atom is -0.311 e. The first-order valence-corrected chi connectivity index (χ1v) is 9.36. The van der Waals surface area contributed by atoms with Gasteiger partial charge in [0.05, 0.1) is 11.9 Å². The Morgan fingerprint density at radius 2 is 2.12 bits per heavy atom. The van der Waals surface area contributed by atoms with Crippen molar-refractivity contribution in [2.24, 2.45) is 5.92 Å². The van der Waals surface area contributed by atoms with Gasteiger partial charge >= 0.3 is 0 Å². The second kappa shape index (κ2) is 6.44. The van der Waals surface area contributed by atoms with Crippen molar-refractivity contribution in [3.8, 4) is 10.6 Å². The summed E-state index contributed by atoms with van der Waals surface area (Å²) in [6.07, 6.45) is 2.29. The number of nitrogens with zero attached hydrogens (tertiary/aromatic N) is 3. The van der Waals surface area contributed by atoms with Crippen molar-refractivity contribution in [3.63, 3.8) is 0 Å². The Bertz CT molecular complexity index is 897. The van der Waals surface area contributed by atoms with Crippen LogP contribution in [0.1, 0.15) is 37.4 Å². The molecule has 0 radical (unpaired) electrons. The van der Waals surface area contributed by atoms with Crippen molar-refractivity contribution in [1.82, 2.24) is 14.8 Å². The second-order valence-corrected chi connectivity index (χ2v) is 7.63. The van der Waals surface area contributed by atoms with Crippen LogP contribution in [0.2, 0.25) is 0 Å². The van der Waals surface area contributed by atoms with Crippen molar-refractivity contribution < 1.29 is 4.79 Å². The number of rotatable bonds is 4. The van der Waals surface area contributed by atoms with Gasteiger partial charge in [0.25, 0.3) is 0 Å². The number of amides is 1. The molecule has 5 nitrogen and oxygen atoms in total. The highest BCUT2D eigenvalue weighted by Gasteiger charge is 2.31. The van der Waals surface area contributed by atoms with Gasteiger partial charge in [-0.2, -0.15) is 5.10 Å². The fraction of sp³-hybridized carbons (Fsp3) is 0.316. The first-order valence-electron chi connectivity index (χ1n) is 8.48. The van der Waals surface area contributed by atoms with E-state index in [4.69, 9.17) is 4.98 Å². The Hall–Kier alpha value is -2.47. The zero-order valence-corrected chi connectivity index (χ0v) is 15.1. The van der Waals surface area contributed by atoms with E-state index in [1.54, 1.807) is 11.3 Å². The van der Waals surface area contributed by atoms with Gasteiger partial charge in [0, 0.05) is 35.4 Å². The van der Waals surface area contributed by atoms with Crippen LogP contribution < -0.4 is 5.32 Å². The van der Waals surface area contributed by atoms with Crippen LogP contribution in [0.5, 0.6) is 0 Å². The summed E-state index contributed by atoms with van der Waals surface area (Å²) in [5, 5.41) is 10.5. The zero-order valence-electron chi connectivity index (χ0n) is 14.3. The van der Waals surface area contributed by atoms with Crippen LogP contribution in [0.4, 0.5) is 5.82 Å². The maximum atomic E-state index is 12.2. The summed E-state index contributed by atoms with van der Waals surface area (Å²) in [7, 11) is 0. The summed E-state index contributed by atoms with van der Waals surface area (Å²) in [5.41, 5.74) is 3.11. The largest absolute Gasteiger partial charge is 0.311 e. The summed E-state index contributed by atoms with van der Waals surface area (Å²) >= 11 is 1.62. The quantitative estimate of drug-likeness (QED) is 0.768. The third kappa shape index (κ3) is 3.09. The van der Waals surface area contributed by atoms with Crippen molar-refractivity contribution in [2.45, 2.75) is 32.7 Å². The molecule has 3 aromatic rings. The molecule has 0 saturated carbocycles. The van der Waals surface area contributed by atoms with Gasteiger partial charge in [0.1, 0.15) is 10.8 Å². The molecule has 0 aliphatic carbocycles. The molecular formula is C19H20N4OS. The monoisotopic (exact) mass is 352 g/mol. The molecule has 1 N–H and O–H groups in total. The molecule has 1 aromatic carbocycles. The van der Waals surface area contributed by atoms with Gasteiger partial charge in [-0.25, -0.2) is 9.67 Å². The van der Waals surface area contributed by atoms with E-state index in [-0.39, 0.29) is 11.8 Å². The SMILES string of the molecule is CC(C)Cn1ncc2c1NC(=O)C[C@@H]2c1csc(-c2ccccc2)n1. The Kier molecular flexibility index (Phi) is 4.13. The third-order valence-corrected chi connectivity index (χ3v) is 5.24. The lowest BCUT2D eigenvalue weighted by Gasteiger charge is -2.22. The molecule has 128 valence electrons. The highest BCUT2D eigenvalue weighted by molar-refractivity contribution is 7.13. The van der Waals surface area contributed by atoms with Crippen LogP contribution in [0.25, 0.3) is 10.6 Å². The van der Waals surface area contributed by atoms with Gasteiger partial charge in [-0.15, -0.1) is 11.3 Å². The number of thiazole rings is 1. The Labute approximate surface area is 150 Å². The van der Waals surface area contributed by atoms with Crippen LogP contribution in [0, 0.1) is 5.92 Å². The number of carbonyl (C=O) groups is 1. The van der Waals surface area contributed by atoms with E-state index >= 15 is 0 Å². The van der Waals surface area contributed by atoms with Gasteiger partial charge in [-0.3, -0.25) is 4.79 Å². The number of hydrogen-bond donors (Lipinski definition) is 1. The Morgan fingerprint density at radius 1 is 1.32 bits per heavy atom. The normalized spacial score (nSPS) is 16.8. The number of anilines is 1. The molecule has 2 aromatic heterocycles. The molecule has 0 fully saturated rings. The zero-order chi connectivity index (χ0) is 17.4. The van der Waals surface area contributed by atoms with Crippen LogP contribution in [-0.4, -0.2) is 20.7 Å². The van der Waals surface area contributed by atoms with Crippen molar-refractivity contribution >= 4 is 23.1 Å². The molecule has 0 saturated heterocycles. The van der Waals surface area contributed by atoms with E-state index in [2.05, 4.69) is 41.8 Å². The van der Waals surface area contributed by atoms with Crippen molar-refractivity contribution in [2.75, 3.05) is 5.32 Å². The molecule has 1 aliphatic rings. The Morgan fingerprint density at radius 3 is 2.88 bits per heavy atom. The first-order chi connectivity index (χ1) is 12.1. The van der Waals surface area contributed by atoms with E-state index in [0.29, 0.717) is 12.3 Å². The molecular weight excluding hydrogens is 332 g/mol. The average Bonchev–Trinajstić information content (AvgIpc) is 3.23. The fourth-order valence-corrected chi connectivity index (χ4v) is 4.06. The van der Waals surface area contributed by atoms with Crippen LogP contribution in [0.15, 0.2) is 41.9 Å². The van der Waals surface area contributed by atoms with E-state index in [9.17, 15) is 4.79 Å². The maximum absolute atomic E-state index is 12.2. The number of nitrogens with one attached hydrogen (secondary N) is 1. The minimum absolute atomic E-state index is 0.0252. The van der Waals surface area contributed by atoms with Gasteiger partial charge in [-0.1, -0.05) is 44.2 Å². The van der Waals surface area contributed by atoms with Crippen LogP contribution >= 0.6 is 11.3 Å². The number of benzene rings is 1. The highest BCUT2D eigenvalue weighted by Crippen LogP contribution is 2.38. The molecule has 0 unspecified atom stereocenters. The fourth-order valence-electron chi connectivity index (χ4n) is 3.18.